The van der Waals surface area contributed by atoms with Crippen molar-refractivity contribution in [2.75, 3.05) is 19.8 Å². The summed E-state index contributed by atoms with van der Waals surface area (Å²) in [6.45, 7) is 9.54. The summed E-state index contributed by atoms with van der Waals surface area (Å²) in [5, 5.41) is 18.2. The van der Waals surface area contributed by atoms with E-state index < -0.39 is 5.91 Å². The number of carbonyl (C=O) groups excluding carboxylic acids is 4. The Morgan fingerprint density at radius 3 is 1.21 bits per heavy atom. The lowest BCUT2D eigenvalue weighted by molar-refractivity contribution is 0.0516. The van der Waals surface area contributed by atoms with E-state index in [1.54, 1.807) is 143 Å². The molecular formula is C82H85BFN6O11. The first-order valence-corrected chi connectivity index (χ1v) is 30.9. The number of nitrogens with two attached hydrogens (primary N) is 1. The van der Waals surface area contributed by atoms with Crippen LogP contribution >= 0.6 is 0 Å². The molecule has 0 saturated carbocycles. The number of aromatic hydroxyl groups is 2. The minimum atomic E-state index is -0.417. The molecule has 519 valence electrons. The van der Waals surface area contributed by atoms with Crippen molar-refractivity contribution in [3.63, 3.8) is 0 Å². The molecule has 1 amide bonds. The van der Waals surface area contributed by atoms with E-state index in [1.165, 1.54) is 12.4 Å². The van der Waals surface area contributed by atoms with Crippen molar-refractivity contribution < 1.29 is 59.2 Å². The molecule has 0 bridgehead atoms. The van der Waals surface area contributed by atoms with Crippen LogP contribution in [0.15, 0.2) is 292 Å². The zero-order chi connectivity index (χ0) is 68.8. The van der Waals surface area contributed by atoms with Crippen LogP contribution in [-0.2, 0) is 27.4 Å². The third kappa shape index (κ3) is 27.8. The van der Waals surface area contributed by atoms with Gasteiger partial charge in [-0.05, 0) is 158 Å². The molecule has 0 saturated heterocycles. The summed E-state index contributed by atoms with van der Waals surface area (Å²) in [4.78, 5) is 65.3. The number of hydrogen-bond acceptors (Lipinski definition) is 16. The number of hydrogen-bond donors (Lipinski definition) is 3. The van der Waals surface area contributed by atoms with Gasteiger partial charge in [-0.1, -0.05) is 160 Å². The van der Waals surface area contributed by atoms with Crippen LogP contribution in [0.2, 0.25) is 0 Å². The first-order chi connectivity index (χ1) is 47.3. The third-order valence-electron chi connectivity index (χ3n) is 13.7. The Morgan fingerprint density at radius 2 is 0.772 bits per heavy atom. The van der Waals surface area contributed by atoms with Gasteiger partial charge in [-0.2, -0.15) is 0 Å². The first kappa shape index (κ1) is 82.6. The van der Waals surface area contributed by atoms with E-state index >= 15 is 0 Å². The molecule has 17 nitrogen and oxygen atoms in total. The summed E-state index contributed by atoms with van der Waals surface area (Å²) in [6.07, 6.45) is 16.5. The molecule has 0 aliphatic heterocycles. The quantitative estimate of drug-likeness (QED) is 0.0436. The van der Waals surface area contributed by atoms with Gasteiger partial charge in [0, 0.05) is 69.3 Å². The van der Waals surface area contributed by atoms with Gasteiger partial charge in [0.05, 0.1) is 61.3 Å². The number of carbonyl (C=O) groups is 4. The number of rotatable bonds is 17. The summed E-state index contributed by atoms with van der Waals surface area (Å²) >= 11 is 0. The van der Waals surface area contributed by atoms with Crippen LogP contribution in [0, 0.1) is 6.92 Å². The summed E-state index contributed by atoms with van der Waals surface area (Å²) in [5.74, 6) is 0.500. The van der Waals surface area contributed by atoms with E-state index in [1.807, 2.05) is 153 Å². The topological polar surface area (TPSA) is 245 Å². The van der Waals surface area contributed by atoms with Crippen molar-refractivity contribution in [3.8, 4) is 67.5 Å². The molecule has 0 spiro atoms. The Hall–Kier alpha value is -12.6. The molecule has 0 aliphatic carbocycles. The monoisotopic (exact) mass is 1360 g/mol. The van der Waals surface area contributed by atoms with Gasteiger partial charge in [-0.3, -0.25) is 34.4 Å². The lowest BCUT2D eigenvalue weighted by atomic mass is 9.96. The van der Waals surface area contributed by atoms with Crippen LogP contribution < -0.4 is 15.2 Å². The van der Waals surface area contributed by atoms with E-state index in [0.29, 0.717) is 66.6 Å². The Kier molecular flexibility index (Phi) is 37.4. The number of esters is 3. The summed E-state index contributed by atoms with van der Waals surface area (Å²) in [5.41, 5.74) is 18.5. The number of amides is 1. The van der Waals surface area contributed by atoms with Crippen molar-refractivity contribution in [1.82, 2.24) is 24.9 Å². The zero-order valence-corrected chi connectivity index (χ0v) is 55.1. The summed E-state index contributed by atoms with van der Waals surface area (Å²) in [7, 11) is 0. The highest BCUT2D eigenvalue weighted by Gasteiger charge is 2.13. The van der Waals surface area contributed by atoms with Crippen LogP contribution in [0.5, 0.6) is 23.0 Å². The molecule has 0 aliphatic rings. The Labute approximate surface area is 593 Å². The molecule has 5 aromatic heterocycles. The second-order valence-corrected chi connectivity index (χ2v) is 20.6. The van der Waals surface area contributed by atoms with E-state index in [4.69, 9.17) is 34.5 Å². The van der Waals surface area contributed by atoms with E-state index in [0.717, 1.165) is 61.4 Å². The highest BCUT2D eigenvalue weighted by atomic mass is 19.0. The lowest BCUT2D eigenvalue weighted by Crippen LogP contribution is -2.10. The molecule has 19 heteroatoms. The Morgan fingerprint density at radius 1 is 0.386 bits per heavy atom. The molecule has 3 radical (unpaired) electrons. The predicted molar refractivity (Wildman–Crippen MR) is 399 cm³/mol. The van der Waals surface area contributed by atoms with Gasteiger partial charge in [-0.25, -0.2) is 14.4 Å². The highest BCUT2D eigenvalue weighted by Crippen LogP contribution is 2.33. The zero-order valence-electron chi connectivity index (χ0n) is 55.1. The first-order valence-electron chi connectivity index (χ1n) is 30.9. The van der Waals surface area contributed by atoms with E-state index in [2.05, 4.69) is 37.1 Å². The van der Waals surface area contributed by atoms with Gasteiger partial charge in [0.25, 0.3) is 0 Å². The minimum absolute atomic E-state index is 0. The summed E-state index contributed by atoms with van der Waals surface area (Å²) in [6, 6.07) is 71.6. The van der Waals surface area contributed by atoms with Gasteiger partial charge in [0.1, 0.15) is 36.2 Å². The Bertz CT molecular complexity index is 4280. The molecule has 0 atom stereocenters. The number of aryl methyl sites for hydroxylation is 1. The maximum absolute atomic E-state index is 11.8. The van der Waals surface area contributed by atoms with Crippen molar-refractivity contribution in [2.24, 2.45) is 5.73 Å². The number of primary amides is 1. The molecule has 101 heavy (non-hydrogen) atoms. The number of nitrogens with zero attached hydrogens (tertiary/aromatic N) is 5. The number of ether oxygens (including phenoxy) is 5. The van der Waals surface area contributed by atoms with E-state index in [-0.39, 0.29) is 58.8 Å². The third-order valence-corrected chi connectivity index (χ3v) is 13.7. The highest BCUT2D eigenvalue weighted by molar-refractivity contribution is 5.94. The average Bonchev–Trinajstić information content (AvgIpc) is 0.825. The predicted octanol–water partition coefficient (Wildman–Crippen LogP) is 17.6. The molecule has 0 unspecified atom stereocenters. The maximum Gasteiger partial charge on any atom is 0.338 e. The van der Waals surface area contributed by atoms with Gasteiger partial charge in [0.15, 0.2) is 0 Å². The largest absolute Gasteiger partial charge is 0.506 e. The van der Waals surface area contributed by atoms with Gasteiger partial charge < -0.3 is 39.6 Å². The molecular weight excluding hydrogens is 1270 g/mol. The summed E-state index contributed by atoms with van der Waals surface area (Å²) < 4.78 is 26.2. The number of aromatic nitrogens is 5. The number of halogens is 1. The van der Waals surface area contributed by atoms with Gasteiger partial charge in [0.2, 0.25) is 5.91 Å². The molecule has 12 rings (SSSR count). The van der Waals surface area contributed by atoms with Crippen molar-refractivity contribution in [3.05, 3.63) is 331 Å². The fraction of sp³-hybridized carbons (Fsp3) is 0.134. The number of pyridine rings is 5. The second kappa shape index (κ2) is 45.7. The molecule has 0 fully saturated rings. The SMILES string of the molecule is C.C.CCOC(=O)c1ccc(-c2ccncc2O)cc1.CCOC(=O)c1ccc(-c2ccncc2OCc2ccccc2)cc1.CCOC(=O)c1ccc(C)cc1.F.NC(=O)c1ccc(-c2ccncc2-c2ccccc2)cc1.Oc1cccnc1.[2HH].[B].c1ccc(COc2cccnc2)cc1. The van der Waals surface area contributed by atoms with E-state index in [9.17, 15) is 24.3 Å². The average molecular weight is 1360 g/mol. The van der Waals surface area contributed by atoms with Crippen LogP contribution in [0.25, 0.3) is 44.5 Å². The standard InChI is InChI=1S/C21H19NO3.C18H14N2O.C14H13NO3.C12H11NO.C10H12O2.C5H5NO.2CH4.B.FH.H2/c1-2-24-21(23)18-10-8-17(9-11-18)19-12-13-22-14-20(19)25-15-16-6-4-3-5-7-16;19-18(21)15-8-6-14(7-9-15)16-10-11-20-12-17(16)13-4-2-1-3-5-13;1-2-18-14(17)11-5-3-10(4-6-11)12-7-8-15-9-13(12)16;1-2-5-11(6-3-1)10-14-12-7-4-8-13-9-12;1-3-12-10(11)9-6-4-8(2)5-7-9;7-5-2-1-3-6-4-5;;;;;/h3-14H,2,15H2,1H3;1-12H,(H2,19,21);3-9,16H,2H2,1H3;1-9H,10H2;4-7H,3H2,1-2H3;1-4,7H;2*1H4;;2*1H/i;;;;;;;;;;1+1. The molecule has 12 aromatic rings. The van der Waals surface area contributed by atoms with Gasteiger partial charge in [-0.15, -0.1) is 0 Å². The number of benzene rings is 7. The Balaban J connectivity index is 0.000000425. The van der Waals surface area contributed by atoms with Crippen molar-refractivity contribution in [2.45, 2.75) is 55.8 Å². The van der Waals surface area contributed by atoms with Gasteiger partial charge >= 0.3 is 17.9 Å². The van der Waals surface area contributed by atoms with Crippen LogP contribution in [-0.4, -0.2) is 87.2 Å². The molecule has 4 N–H and O–H groups in total. The second-order valence-electron chi connectivity index (χ2n) is 20.6. The lowest BCUT2D eigenvalue weighted by Gasteiger charge is -2.11. The maximum atomic E-state index is 11.8. The van der Waals surface area contributed by atoms with Crippen LogP contribution in [0.3, 0.4) is 0 Å². The van der Waals surface area contributed by atoms with Crippen LogP contribution in [0.1, 0.15) is 95.2 Å². The van der Waals surface area contributed by atoms with Crippen molar-refractivity contribution in [1.29, 1.82) is 0 Å². The van der Waals surface area contributed by atoms with Crippen LogP contribution in [0.4, 0.5) is 4.70 Å². The fourth-order valence-electron chi connectivity index (χ4n) is 8.84. The smallest absolute Gasteiger partial charge is 0.338 e. The molecule has 5 heterocycles. The minimum Gasteiger partial charge on any atom is -0.506 e. The normalized spacial score (nSPS) is 9.54. The molecule has 7 aromatic carbocycles. The fourth-order valence-corrected chi connectivity index (χ4v) is 8.84. The van der Waals surface area contributed by atoms with Crippen molar-refractivity contribution >= 4 is 32.2 Å².